The van der Waals surface area contributed by atoms with Crippen molar-refractivity contribution in [2.75, 3.05) is 31.1 Å². The van der Waals surface area contributed by atoms with Crippen LogP contribution in [0.1, 0.15) is 5.89 Å². The van der Waals surface area contributed by atoms with Gasteiger partial charge in [-0.05, 0) is 11.4 Å². The first-order valence-corrected chi connectivity index (χ1v) is 9.62. The Morgan fingerprint density at radius 1 is 1.19 bits per heavy atom. The highest BCUT2D eigenvalue weighted by Crippen LogP contribution is 2.24. The number of fused-ring (bicyclic) bond motifs is 1. The monoisotopic (exact) mass is 382 g/mol. The Morgan fingerprint density at radius 2 is 2.07 bits per heavy atom. The molecule has 9 nitrogen and oxygen atoms in total. The summed E-state index contributed by atoms with van der Waals surface area (Å²) in [7, 11) is 1.89. The lowest BCUT2D eigenvalue weighted by Gasteiger charge is -2.34. The molecule has 0 unspecified atom stereocenters. The van der Waals surface area contributed by atoms with E-state index in [2.05, 4.69) is 35.0 Å². The minimum Gasteiger partial charge on any atom is -0.353 e. The van der Waals surface area contributed by atoms with Gasteiger partial charge in [0.1, 0.15) is 12.1 Å². The number of hydrogen-bond donors (Lipinski definition) is 0. The first-order chi connectivity index (χ1) is 13.3. The van der Waals surface area contributed by atoms with Crippen LogP contribution in [0.15, 0.2) is 34.6 Å². The van der Waals surface area contributed by atoms with E-state index in [4.69, 9.17) is 4.52 Å². The maximum atomic E-state index is 5.42. The van der Waals surface area contributed by atoms with Crippen LogP contribution in [0.25, 0.3) is 21.7 Å². The quantitative estimate of drug-likeness (QED) is 0.528. The fourth-order valence-corrected chi connectivity index (χ4v) is 3.98. The standard InChI is InChI=1S/C17H18N8OS/c1-23-16-12(9-20-23)17(19-11-18-16)25-6-4-24(5-7-25)10-14-21-15(22-26-14)13-3-2-8-27-13/h2-3,8-9,11H,4-7,10H2,1H3. The number of aryl methyl sites for hydroxylation is 1. The molecule has 10 heteroatoms. The Kier molecular flexibility index (Phi) is 4.06. The third kappa shape index (κ3) is 3.06. The van der Waals surface area contributed by atoms with Crippen LogP contribution in [-0.2, 0) is 13.6 Å². The predicted octanol–water partition coefficient (Wildman–Crippen LogP) is 1.80. The van der Waals surface area contributed by atoms with Gasteiger partial charge in [0.15, 0.2) is 5.65 Å². The molecule has 0 aliphatic carbocycles. The van der Waals surface area contributed by atoms with Gasteiger partial charge in [-0.25, -0.2) is 9.97 Å². The molecule has 1 fully saturated rings. The smallest absolute Gasteiger partial charge is 0.241 e. The summed E-state index contributed by atoms with van der Waals surface area (Å²) in [5.74, 6) is 2.27. The first kappa shape index (κ1) is 16.3. The lowest BCUT2D eigenvalue weighted by Crippen LogP contribution is -2.46. The summed E-state index contributed by atoms with van der Waals surface area (Å²) in [6, 6.07) is 3.99. The molecule has 0 saturated carbocycles. The third-order valence-electron chi connectivity index (χ3n) is 4.75. The average molecular weight is 382 g/mol. The number of aromatic nitrogens is 6. The second kappa shape index (κ2) is 6.71. The van der Waals surface area contributed by atoms with Crippen molar-refractivity contribution in [3.05, 3.63) is 35.9 Å². The van der Waals surface area contributed by atoms with Crippen molar-refractivity contribution in [1.29, 1.82) is 0 Å². The van der Waals surface area contributed by atoms with Gasteiger partial charge in [-0.2, -0.15) is 10.1 Å². The summed E-state index contributed by atoms with van der Waals surface area (Å²) in [6.07, 6.45) is 3.44. The molecule has 0 atom stereocenters. The van der Waals surface area contributed by atoms with Crippen LogP contribution >= 0.6 is 11.3 Å². The van der Waals surface area contributed by atoms with Gasteiger partial charge in [0.25, 0.3) is 0 Å². The van der Waals surface area contributed by atoms with Crippen molar-refractivity contribution in [2.45, 2.75) is 6.54 Å². The molecule has 0 radical (unpaired) electrons. The summed E-state index contributed by atoms with van der Waals surface area (Å²) in [5.41, 5.74) is 0.856. The van der Waals surface area contributed by atoms with E-state index in [1.165, 1.54) is 0 Å². The maximum Gasteiger partial charge on any atom is 0.241 e. The van der Waals surface area contributed by atoms with E-state index in [1.807, 2.05) is 30.8 Å². The fraction of sp³-hybridized carbons (Fsp3) is 0.353. The highest BCUT2D eigenvalue weighted by atomic mass is 32.1. The molecular formula is C17H18N8OS. The number of hydrogen-bond acceptors (Lipinski definition) is 9. The summed E-state index contributed by atoms with van der Waals surface area (Å²) in [5, 5.41) is 11.4. The van der Waals surface area contributed by atoms with Gasteiger partial charge >= 0.3 is 0 Å². The molecule has 1 aliphatic rings. The molecule has 0 N–H and O–H groups in total. The highest BCUT2D eigenvalue weighted by molar-refractivity contribution is 7.13. The van der Waals surface area contributed by atoms with Gasteiger partial charge in [-0.3, -0.25) is 9.58 Å². The molecule has 4 aromatic heterocycles. The van der Waals surface area contributed by atoms with Crippen LogP contribution < -0.4 is 4.90 Å². The minimum absolute atomic E-state index is 0.656. The van der Waals surface area contributed by atoms with Crippen LogP contribution in [0.4, 0.5) is 5.82 Å². The summed E-state index contributed by atoms with van der Waals surface area (Å²) >= 11 is 1.61. The van der Waals surface area contributed by atoms with Crippen LogP contribution in [0, 0.1) is 0 Å². The number of nitrogens with zero attached hydrogens (tertiary/aromatic N) is 8. The third-order valence-corrected chi connectivity index (χ3v) is 5.61. The SMILES string of the molecule is Cn1ncc2c(N3CCN(Cc4nc(-c5cccs5)no4)CC3)ncnc21. The molecule has 5 heterocycles. The zero-order valence-electron chi connectivity index (χ0n) is 14.8. The lowest BCUT2D eigenvalue weighted by molar-refractivity contribution is 0.215. The lowest BCUT2D eigenvalue weighted by atomic mass is 10.2. The topological polar surface area (TPSA) is 89.0 Å². The minimum atomic E-state index is 0.656. The number of rotatable bonds is 4. The van der Waals surface area contributed by atoms with Crippen molar-refractivity contribution in [2.24, 2.45) is 7.05 Å². The normalized spacial score (nSPS) is 15.7. The maximum absolute atomic E-state index is 5.42. The van der Waals surface area contributed by atoms with E-state index in [0.717, 1.165) is 47.9 Å². The van der Waals surface area contributed by atoms with Crippen molar-refractivity contribution in [1.82, 2.24) is 34.8 Å². The summed E-state index contributed by atoms with van der Waals surface area (Å²) in [4.78, 5) is 19.0. The summed E-state index contributed by atoms with van der Waals surface area (Å²) in [6.45, 7) is 4.24. The molecule has 1 saturated heterocycles. The van der Waals surface area contributed by atoms with E-state index in [1.54, 1.807) is 22.3 Å². The van der Waals surface area contributed by atoms with Crippen LogP contribution in [0.2, 0.25) is 0 Å². The van der Waals surface area contributed by atoms with Gasteiger partial charge < -0.3 is 9.42 Å². The van der Waals surface area contributed by atoms with Gasteiger partial charge in [0.2, 0.25) is 11.7 Å². The number of anilines is 1. The molecule has 0 spiro atoms. The first-order valence-electron chi connectivity index (χ1n) is 8.74. The average Bonchev–Trinajstić information content (AvgIpc) is 3.44. The Balaban J connectivity index is 1.25. The molecule has 0 aromatic carbocycles. The van der Waals surface area contributed by atoms with Gasteiger partial charge in [0.05, 0.1) is 23.0 Å². The Labute approximate surface area is 159 Å². The largest absolute Gasteiger partial charge is 0.353 e. The zero-order chi connectivity index (χ0) is 18.2. The van der Waals surface area contributed by atoms with Crippen molar-refractivity contribution in [3.63, 3.8) is 0 Å². The number of thiophene rings is 1. The van der Waals surface area contributed by atoms with Gasteiger partial charge in [-0.15, -0.1) is 11.3 Å². The van der Waals surface area contributed by atoms with Crippen LogP contribution in [-0.4, -0.2) is 61.0 Å². The number of piperazine rings is 1. The van der Waals surface area contributed by atoms with Crippen molar-refractivity contribution in [3.8, 4) is 10.7 Å². The van der Waals surface area contributed by atoms with Crippen LogP contribution in [0.3, 0.4) is 0 Å². The molecule has 4 aromatic rings. The molecular weight excluding hydrogens is 364 g/mol. The van der Waals surface area contributed by atoms with Gasteiger partial charge in [0, 0.05) is 33.2 Å². The molecule has 27 heavy (non-hydrogen) atoms. The molecule has 0 amide bonds. The Hall–Kier alpha value is -2.85. The van der Waals surface area contributed by atoms with E-state index < -0.39 is 0 Å². The highest BCUT2D eigenvalue weighted by Gasteiger charge is 2.22. The second-order valence-corrected chi connectivity index (χ2v) is 7.40. The van der Waals surface area contributed by atoms with E-state index in [-0.39, 0.29) is 0 Å². The second-order valence-electron chi connectivity index (χ2n) is 6.45. The molecule has 0 bridgehead atoms. The Morgan fingerprint density at radius 3 is 2.89 bits per heavy atom. The van der Waals surface area contributed by atoms with E-state index in [9.17, 15) is 0 Å². The van der Waals surface area contributed by atoms with Crippen LogP contribution in [0.5, 0.6) is 0 Å². The zero-order valence-corrected chi connectivity index (χ0v) is 15.6. The molecule has 5 rings (SSSR count). The van der Waals surface area contributed by atoms with E-state index >= 15 is 0 Å². The van der Waals surface area contributed by atoms with E-state index in [0.29, 0.717) is 18.3 Å². The molecule has 1 aliphatic heterocycles. The Bertz CT molecular complexity index is 1050. The predicted molar refractivity (Wildman–Crippen MR) is 101 cm³/mol. The molecule has 138 valence electrons. The van der Waals surface area contributed by atoms with Crippen molar-refractivity contribution < 1.29 is 4.52 Å². The van der Waals surface area contributed by atoms with Crippen molar-refractivity contribution >= 4 is 28.2 Å². The van der Waals surface area contributed by atoms with Gasteiger partial charge in [-0.1, -0.05) is 11.2 Å². The fourth-order valence-electron chi connectivity index (χ4n) is 3.34. The summed E-state index contributed by atoms with van der Waals surface area (Å²) < 4.78 is 7.20.